The van der Waals surface area contributed by atoms with Gasteiger partial charge in [0, 0.05) is 12.2 Å². The smallest absolute Gasteiger partial charge is 0.326 e. The minimum Gasteiger partial charge on any atom is -0.454 e. The van der Waals surface area contributed by atoms with Gasteiger partial charge in [-0.25, -0.2) is 18.4 Å². The lowest BCUT2D eigenvalue weighted by Crippen LogP contribution is -2.49. The fraction of sp³-hybridized carbons (Fsp3) is 0.545. The summed E-state index contributed by atoms with van der Waals surface area (Å²) < 4.78 is 28.1. The van der Waals surface area contributed by atoms with Gasteiger partial charge in [-0.1, -0.05) is 13.3 Å². The Labute approximate surface area is 197 Å². The van der Waals surface area contributed by atoms with E-state index in [1.165, 1.54) is 23.1 Å². The van der Waals surface area contributed by atoms with Crippen LogP contribution in [0, 0.1) is 5.92 Å². The highest BCUT2D eigenvalue weighted by atomic mass is 32.2. The van der Waals surface area contributed by atoms with Crippen molar-refractivity contribution in [2.45, 2.75) is 55.9 Å². The number of fused-ring (bicyclic) bond motifs is 1. The molecule has 12 heteroatoms. The van der Waals surface area contributed by atoms with Gasteiger partial charge in [-0.2, -0.15) is 0 Å². The van der Waals surface area contributed by atoms with Crippen molar-refractivity contribution in [2.75, 3.05) is 24.6 Å². The Balaban J connectivity index is 1.32. The van der Waals surface area contributed by atoms with E-state index in [2.05, 4.69) is 12.2 Å². The number of nitrogens with one attached hydrogen (secondary N) is 1. The van der Waals surface area contributed by atoms with Crippen molar-refractivity contribution in [1.82, 2.24) is 10.2 Å². The van der Waals surface area contributed by atoms with Gasteiger partial charge in [-0.3, -0.25) is 19.3 Å². The highest BCUT2D eigenvalue weighted by Gasteiger charge is 2.52. The number of carbonyl (C=O) groups excluding carboxylic acids is 4. The van der Waals surface area contributed by atoms with Crippen LogP contribution in [0.4, 0.5) is 10.5 Å². The van der Waals surface area contributed by atoms with Crippen molar-refractivity contribution in [2.24, 2.45) is 11.1 Å². The number of sulfonamides is 1. The fourth-order valence-corrected chi connectivity index (χ4v) is 5.51. The van der Waals surface area contributed by atoms with Crippen molar-refractivity contribution in [3.8, 4) is 0 Å². The molecule has 34 heavy (non-hydrogen) atoms. The van der Waals surface area contributed by atoms with Crippen LogP contribution in [0.15, 0.2) is 23.1 Å². The predicted octanol–water partition coefficient (Wildman–Crippen LogP) is 0.657. The number of benzene rings is 1. The first-order valence-electron chi connectivity index (χ1n) is 11.3. The molecule has 1 saturated heterocycles. The highest BCUT2D eigenvalue weighted by Crippen LogP contribution is 2.37. The quantitative estimate of drug-likeness (QED) is 0.436. The molecule has 0 radical (unpaired) electrons. The molecule has 0 bridgehead atoms. The molecule has 184 valence electrons. The predicted molar refractivity (Wildman–Crippen MR) is 120 cm³/mol. The third-order valence-electron chi connectivity index (χ3n) is 7.00. The summed E-state index contributed by atoms with van der Waals surface area (Å²) in [5, 5.41) is 7.91. The molecule has 0 unspecified atom stereocenters. The summed E-state index contributed by atoms with van der Waals surface area (Å²) in [6.07, 6.45) is 4.22. The molecule has 4 amide bonds. The van der Waals surface area contributed by atoms with Crippen molar-refractivity contribution >= 4 is 39.5 Å². The number of ether oxygens (including phenoxy) is 1. The van der Waals surface area contributed by atoms with E-state index in [-0.39, 0.29) is 4.90 Å². The molecule has 0 atom stereocenters. The number of hydrogen-bond donors (Lipinski definition) is 2. The summed E-state index contributed by atoms with van der Waals surface area (Å²) in [4.78, 5) is 52.5. The molecular weight excluding hydrogens is 464 g/mol. The molecule has 2 heterocycles. The fourth-order valence-electron chi connectivity index (χ4n) is 4.95. The van der Waals surface area contributed by atoms with E-state index in [0.29, 0.717) is 43.0 Å². The van der Waals surface area contributed by atoms with Crippen LogP contribution in [0.2, 0.25) is 0 Å². The number of nitrogens with two attached hydrogens (primary N) is 1. The van der Waals surface area contributed by atoms with Crippen molar-refractivity contribution in [1.29, 1.82) is 0 Å². The van der Waals surface area contributed by atoms with E-state index >= 15 is 0 Å². The van der Waals surface area contributed by atoms with Crippen LogP contribution >= 0.6 is 0 Å². The van der Waals surface area contributed by atoms with Crippen molar-refractivity contribution in [3.63, 3.8) is 0 Å². The van der Waals surface area contributed by atoms with E-state index < -0.39 is 52.5 Å². The second-order valence-electron chi connectivity index (χ2n) is 9.05. The minimum absolute atomic E-state index is 0.0403. The maximum atomic E-state index is 12.9. The number of carbonyl (C=O) groups is 4. The van der Waals surface area contributed by atoms with E-state index in [0.717, 1.165) is 24.2 Å². The van der Waals surface area contributed by atoms with E-state index in [4.69, 9.17) is 9.88 Å². The largest absolute Gasteiger partial charge is 0.454 e. The van der Waals surface area contributed by atoms with Crippen LogP contribution in [0.25, 0.3) is 0 Å². The van der Waals surface area contributed by atoms with Crippen LogP contribution in [0.1, 0.15) is 44.6 Å². The first-order chi connectivity index (χ1) is 16.0. The zero-order valence-corrected chi connectivity index (χ0v) is 19.7. The molecule has 1 spiro atoms. The van der Waals surface area contributed by atoms with Crippen LogP contribution in [0.5, 0.6) is 0 Å². The molecule has 1 aromatic rings. The number of hydrogen-bond acceptors (Lipinski definition) is 7. The highest BCUT2D eigenvalue weighted by molar-refractivity contribution is 7.89. The number of nitrogens with zero attached hydrogens (tertiary/aromatic N) is 2. The van der Waals surface area contributed by atoms with Gasteiger partial charge in [0.15, 0.2) is 6.61 Å². The average molecular weight is 493 g/mol. The molecule has 2 fully saturated rings. The Morgan fingerprint density at radius 2 is 1.94 bits per heavy atom. The molecule has 0 aromatic heterocycles. The number of anilines is 1. The summed E-state index contributed by atoms with van der Waals surface area (Å²) >= 11 is 0. The standard InChI is InChI=1S/C22H28N4O7S/c1-2-14-5-8-22(9-6-14)20(29)26(21(30)24-22)12-19(28)33-13-18(27)25-10-7-15-11-16(34(23,31)32)3-4-17(15)25/h3-4,11,14H,2,5-10,12-13H2,1H3,(H,24,30)(H2,23,31,32). The normalized spacial score (nSPS) is 24.4. The number of rotatable bonds is 6. The SMILES string of the molecule is CCC1CCC2(CC1)NC(=O)N(CC(=O)OCC(=O)N1CCc3cc(S(N)(=O)=O)ccc31)C2=O. The zero-order valence-electron chi connectivity index (χ0n) is 18.9. The Hall–Kier alpha value is -2.99. The summed E-state index contributed by atoms with van der Waals surface area (Å²) in [5.41, 5.74) is 0.217. The summed E-state index contributed by atoms with van der Waals surface area (Å²) in [6.45, 7) is 1.27. The van der Waals surface area contributed by atoms with Gasteiger partial charge in [-0.15, -0.1) is 0 Å². The third-order valence-corrected chi connectivity index (χ3v) is 7.91. The monoisotopic (exact) mass is 492 g/mol. The number of imide groups is 1. The molecule has 3 aliphatic rings. The Bertz CT molecular complexity index is 1140. The topological polar surface area (TPSA) is 156 Å². The second kappa shape index (κ2) is 8.99. The third kappa shape index (κ3) is 4.51. The van der Waals surface area contributed by atoms with Crippen LogP contribution in [0.3, 0.4) is 0 Å². The maximum Gasteiger partial charge on any atom is 0.326 e. The first kappa shape index (κ1) is 24.1. The van der Waals surface area contributed by atoms with E-state index in [9.17, 15) is 27.6 Å². The van der Waals surface area contributed by atoms with Gasteiger partial charge in [0.1, 0.15) is 12.1 Å². The zero-order chi connectivity index (χ0) is 24.7. The summed E-state index contributed by atoms with van der Waals surface area (Å²) in [7, 11) is -3.86. The molecule has 2 aliphatic heterocycles. The Kier molecular flexibility index (Phi) is 6.38. The van der Waals surface area contributed by atoms with Crippen LogP contribution in [-0.4, -0.2) is 62.4 Å². The van der Waals surface area contributed by atoms with Gasteiger partial charge >= 0.3 is 12.0 Å². The molecule has 1 aliphatic carbocycles. The Morgan fingerprint density at radius 3 is 2.59 bits per heavy atom. The van der Waals surface area contributed by atoms with Gasteiger partial charge < -0.3 is 15.0 Å². The summed E-state index contributed by atoms with van der Waals surface area (Å²) in [6, 6.07) is 3.60. The van der Waals surface area contributed by atoms with Gasteiger partial charge in [-0.05, 0) is 61.8 Å². The van der Waals surface area contributed by atoms with Gasteiger partial charge in [0.2, 0.25) is 10.0 Å². The van der Waals surface area contributed by atoms with Crippen molar-refractivity contribution in [3.05, 3.63) is 23.8 Å². The Morgan fingerprint density at radius 1 is 1.24 bits per heavy atom. The lowest BCUT2D eigenvalue weighted by molar-refractivity contribution is -0.150. The number of amides is 4. The lowest BCUT2D eigenvalue weighted by Gasteiger charge is -2.34. The van der Waals surface area contributed by atoms with Gasteiger partial charge in [0.05, 0.1) is 4.90 Å². The average Bonchev–Trinajstić information content (AvgIpc) is 3.32. The molecular formula is C22H28N4O7S. The molecule has 4 rings (SSSR count). The molecule has 11 nitrogen and oxygen atoms in total. The molecule has 3 N–H and O–H groups in total. The van der Waals surface area contributed by atoms with Gasteiger partial charge in [0.25, 0.3) is 11.8 Å². The van der Waals surface area contributed by atoms with E-state index in [1.54, 1.807) is 0 Å². The molecule has 1 aromatic carbocycles. The van der Waals surface area contributed by atoms with Crippen molar-refractivity contribution < 1.29 is 32.3 Å². The number of primary sulfonamides is 1. The molecule has 1 saturated carbocycles. The number of esters is 1. The minimum atomic E-state index is -3.86. The number of urea groups is 1. The van der Waals surface area contributed by atoms with E-state index in [1.807, 2.05) is 0 Å². The summed E-state index contributed by atoms with van der Waals surface area (Å²) in [5.74, 6) is -1.25. The first-order valence-corrected chi connectivity index (χ1v) is 12.8. The van der Waals surface area contributed by atoms with Crippen LogP contribution < -0.4 is 15.4 Å². The maximum absolute atomic E-state index is 12.9. The van der Waals surface area contributed by atoms with Crippen LogP contribution in [-0.2, 0) is 35.6 Å². The lowest BCUT2D eigenvalue weighted by atomic mass is 9.75. The second-order valence-corrected chi connectivity index (χ2v) is 10.6.